The number of likely N-dealkylation sites (tertiary alicyclic amines) is 1. The van der Waals surface area contributed by atoms with Gasteiger partial charge < -0.3 is 19.2 Å². The highest BCUT2D eigenvalue weighted by molar-refractivity contribution is 6.18. The van der Waals surface area contributed by atoms with Gasteiger partial charge >= 0.3 is 6.01 Å². The van der Waals surface area contributed by atoms with Gasteiger partial charge in [0.05, 0.1) is 22.1 Å². The smallest absolute Gasteiger partial charge is 0.319 e. The van der Waals surface area contributed by atoms with Gasteiger partial charge in [-0.3, -0.25) is 9.80 Å². The fraction of sp³-hybridized carbons (Fsp3) is 0.463. The molecule has 5 aromatic rings. The number of anilines is 1. The van der Waals surface area contributed by atoms with Crippen molar-refractivity contribution in [3.05, 3.63) is 53.3 Å². The summed E-state index contributed by atoms with van der Waals surface area (Å²) in [5.74, 6) is 2.88. The number of ether oxygens (including phenoxy) is 1. The lowest BCUT2D eigenvalue weighted by Gasteiger charge is -2.42. The number of furan rings is 1. The van der Waals surface area contributed by atoms with Crippen molar-refractivity contribution in [1.29, 1.82) is 0 Å². The number of aromatic hydroxyl groups is 1. The second-order valence-corrected chi connectivity index (χ2v) is 15.8. The number of aryl methyl sites for hydroxylation is 1. The Morgan fingerprint density at radius 2 is 1.87 bits per heavy atom. The molecule has 0 amide bonds. The number of piperazine rings is 1. The van der Waals surface area contributed by atoms with E-state index in [2.05, 4.69) is 20.6 Å². The minimum absolute atomic E-state index is 0.0167. The van der Waals surface area contributed by atoms with E-state index in [0.717, 1.165) is 57.8 Å². The maximum atomic E-state index is 17.7. The molecule has 0 spiro atoms. The Bertz CT molecular complexity index is 2320. The third-order valence-electron chi connectivity index (χ3n) is 12.4. The van der Waals surface area contributed by atoms with Gasteiger partial charge in [-0.1, -0.05) is 12.0 Å². The Balaban J connectivity index is 1.19. The van der Waals surface area contributed by atoms with Crippen LogP contribution in [-0.2, 0) is 0 Å². The number of hydrogen-bond donors (Lipinski definition) is 1. The van der Waals surface area contributed by atoms with Crippen LogP contribution in [0, 0.1) is 36.8 Å². The molecule has 268 valence electrons. The largest absolute Gasteiger partial charge is 0.508 e. The van der Waals surface area contributed by atoms with Gasteiger partial charge in [0, 0.05) is 61.0 Å². The van der Waals surface area contributed by atoms with Gasteiger partial charge in [0.2, 0.25) is 0 Å². The highest BCUT2D eigenvalue weighted by Gasteiger charge is 2.50. The number of alkyl halides is 1. The van der Waals surface area contributed by atoms with E-state index in [1.165, 1.54) is 37.1 Å². The summed E-state index contributed by atoms with van der Waals surface area (Å²) in [5.41, 5.74) is -0.00795. The Morgan fingerprint density at radius 3 is 2.63 bits per heavy atom. The molecular weight excluding hydrogens is 667 g/mol. The summed E-state index contributed by atoms with van der Waals surface area (Å²) in [6.07, 6.45) is 11.6. The van der Waals surface area contributed by atoms with Gasteiger partial charge in [-0.2, -0.15) is 9.97 Å². The number of halogens is 3. The molecule has 5 aliphatic rings. The first-order valence-electron chi connectivity index (χ1n) is 18.6. The summed E-state index contributed by atoms with van der Waals surface area (Å²) in [4.78, 5) is 17.0. The Hall–Kier alpha value is -4.53. The molecule has 3 aromatic carbocycles. The zero-order chi connectivity index (χ0) is 35.5. The van der Waals surface area contributed by atoms with Crippen LogP contribution in [-0.4, -0.2) is 88.0 Å². The molecule has 10 rings (SSSR count). The molecule has 4 saturated heterocycles. The van der Waals surface area contributed by atoms with Gasteiger partial charge in [0.15, 0.2) is 5.82 Å². The van der Waals surface area contributed by atoms with E-state index in [0.29, 0.717) is 40.7 Å². The number of fused-ring (bicyclic) bond motifs is 7. The van der Waals surface area contributed by atoms with Crippen molar-refractivity contribution < 1.29 is 27.4 Å². The number of aromatic nitrogens is 2. The monoisotopic (exact) mass is 707 g/mol. The summed E-state index contributed by atoms with van der Waals surface area (Å²) >= 11 is 0. The summed E-state index contributed by atoms with van der Waals surface area (Å²) in [7, 11) is 0. The molecule has 52 heavy (non-hydrogen) atoms. The van der Waals surface area contributed by atoms with Crippen LogP contribution in [0.4, 0.5) is 19.0 Å². The third-order valence-corrected chi connectivity index (χ3v) is 12.4. The maximum absolute atomic E-state index is 17.7. The van der Waals surface area contributed by atoms with Crippen molar-refractivity contribution in [3.63, 3.8) is 0 Å². The van der Waals surface area contributed by atoms with Crippen molar-refractivity contribution in [3.8, 4) is 35.2 Å². The first-order valence-corrected chi connectivity index (χ1v) is 18.6. The first-order chi connectivity index (χ1) is 25.2. The standard InChI is InChI=1S/C41H40F3N5O3/c1-3-29-32(43)10-7-24-14-28(50)15-30(33(24)29)34-36(44)37-35(31-13-22(2)52-38(31)34)39(49-26-8-9-27(49)20-47(19-26)17-23-5-6-23)46-40(45-37)51-21-41-11-4-12-48(41)18-25(42)16-41/h1,7,10,13-15,23,25-27,50H,4-6,8-9,11-12,16-21H2,2H3/t25-,26-,27+,41+/m1/s1. The molecule has 4 atom stereocenters. The molecule has 6 heterocycles. The van der Waals surface area contributed by atoms with Crippen molar-refractivity contribution >= 4 is 38.5 Å². The molecule has 11 heteroatoms. The summed E-state index contributed by atoms with van der Waals surface area (Å²) in [6, 6.07) is 7.88. The number of nitrogens with zero attached hydrogens (tertiary/aromatic N) is 5. The van der Waals surface area contributed by atoms with E-state index >= 15 is 8.78 Å². The van der Waals surface area contributed by atoms with Crippen molar-refractivity contribution in [1.82, 2.24) is 19.8 Å². The zero-order valence-electron chi connectivity index (χ0n) is 29.1. The second kappa shape index (κ2) is 11.7. The Kier molecular flexibility index (Phi) is 7.26. The van der Waals surface area contributed by atoms with Crippen LogP contribution >= 0.6 is 0 Å². The lowest BCUT2D eigenvalue weighted by atomic mass is 9.91. The third kappa shape index (κ3) is 4.97. The molecular formula is C41H40F3N5O3. The topological polar surface area (TPSA) is 78.1 Å². The van der Waals surface area contributed by atoms with Crippen molar-refractivity contribution in [2.45, 2.75) is 75.7 Å². The fourth-order valence-corrected chi connectivity index (χ4v) is 9.99. The molecule has 4 aliphatic heterocycles. The molecule has 0 unspecified atom stereocenters. The zero-order valence-corrected chi connectivity index (χ0v) is 29.1. The van der Waals surface area contributed by atoms with Crippen LogP contribution in [0.5, 0.6) is 11.8 Å². The van der Waals surface area contributed by atoms with Crippen molar-refractivity contribution in [2.75, 3.05) is 44.2 Å². The summed E-state index contributed by atoms with van der Waals surface area (Å²) in [6.45, 7) is 6.10. The van der Waals surface area contributed by atoms with Gasteiger partial charge in [-0.25, -0.2) is 13.2 Å². The van der Waals surface area contributed by atoms with Crippen molar-refractivity contribution in [2.24, 2.45) is 5.92 Å². The highest BCUT2D eigenvalue weighted by Crippen LogP contribution is 2.48. The highest BCUT2D eigenvalue weighted by atomic mass is 19.1. The number of phenols is 1. The number of phenolic OH excluding ortho intramolecular Hbond substituents is 1. The second-order valence-electron chi connectivity index (χ2n) is 15.8. The van der Waals surface area contributed by atoms with Gasteiger partial charge in [-0.05, 0) is 87.6 Å². The van der Waals surface area contributed by atoms with Crippen LogP contribution in [0.3, 0.4) is 0 Å². The average Bonchev–Trinajstić information content (AvgIpc) is 3.45. The predicted octanol–water partition coefficient (Wildman–Crippen LogP) is 7.49. The summed E-state index contributed by atoms with van der Waals surface area (Å²) in [5, 5.41) is 12.7. The Morgan fingerprint density at radius 1 is 1.06 bits per heavy atom. The lowest BCUT2D eigenvalue weighted by molar-refractivity contribution is 0.107. The lowest BCUT2D eigenvalue weighted by Crippen LogP contribution is -2.54. The maximum Gasteiger partial charge on any atom is 0.319 e. The van der Waals surface area contributed by atoms with Crippen LogP contribution in [0.15, 0.2) is 34.7 Å². The predicted molar refractivity (Wildman–Crippen MR) is 194 cm³/mol. The molecule has 1 aliphatic carbocycles. The van der Waals surface area contributed by atoms with E-state index in [4.69, 9.17) is 25.5 Å². The van der Waals surface area contributed by atoms with E-state index in [9.17, 15) is 9.50 Å². The minimum Gasteiger partial charge on any atom is -0.508 e. The van der Waals surface area contributed by atoms with Crippen LogP contribution in [0.2, 0.25) is 0 Å². The summed E-state index contributed by atoms with van der Waals surface area (Å²) < 4.78 is 60.4. The molecule has 8 nitrogen and oxygen atoms in total. The number of benzene rings is 3. The number of rotatable bonds is 7. The average molecular weight is 708 g/mol. The van der Waals surface area contributed by atoms with E-state index in [-0.39, 0.29) is 63.6 Å². The molecule has 0 radical (unpaired) electrons. The molecule has 1 N–H and O–H groups in total. The van der Waals surface area contributed by atoms with Gasteiger partial charge in [0.1, 0.15) is 47.0 Å². The molecule has 5 fully saturated rings. The van der Waals surface area contributed by atoms with Crippen LogP contribution in [0.1, 0.15) is 56.3 Å². The number of hydrogen-bond acceptors (Lipinski definition) is 8. The molecule has 2 bridgehead atoms. The molecule has 2 aromatic heterocycles. The van der Waals surface area contributed by atoms with E-state index < -0.39 is 23.3 Å². The Labute approximate surface area is 299 Å². The number of terminal acetylenes is 1. The SMILES string of the molecule is C#Cc1c(F)ccc2cc(O)cc(-c3c(F)c4nc(OC[C@@]56CCCN5C[C@H](F)C6)nc(N5[C@@H]6CC[C@H]5CN(CC5CC5)C6)c4c4cc(C)oc34)c12. The normalized spacial score (nSPS) is 26.2. The van der Waals surface area contributed by atoms with Crippen LogP contribution < -0.4 is 9.64 Å². The quantitative estimate of drug-likeness (QED) is 0.175. The van der Waals surface area contributed by atoms with E-state index in [1.54, 1.807) is 6.92 Å². The minimum atomic E-state index is -0.924. The van der Waals surface area contributed by atoms with Gasteiger partial charge in [-0.15, -0.1) is 6.42 Å². The first kappa shape index (κ1) is 32.1. The van der Waals surface area contributed by atoms with E-state index in [1.807, 2.05) is 6.07 Å². The van der Waals surface area contributed by atoms with Crippen LogP contribution in [0.25, 0.3) is 43.8 Å². The van der Waals surface area contributed by atoms with Gasteiger partial charge in [0.25, 0.3) is 0 Å². The molecule has 1 saturated carbocycles. The fourth-order valence-electron chi connectivity index (χ4n) is 9.99.